The number of carboxylic acids is 1. The zero-order valence-electron chi connectivity index (χ0n) is 19.6. The van der Waals surface area contributed by atoms with Crippen LogP contribution in [-0.2, 0) is 9.53 Å². The van der Waals surface area contributed by atoms with Gasteiger partial charge in [-0.3, -0.25) is 10.1 Å². The predicted molar refractivity (Wildman–Crippen MR) is 128 cm³/mol. The molecule has 8 heteroatoms. The highest BCUT2D eigenvalue weighted by Crippen LogP contribution is 2.41. The van der Waals surface area contributed by atoms with E-state index in [4.69, 9.17) is 19.7 Å². The van der Waals surface area contributed by atoms with Crippen LogP contribution >= 0.6 is 0 Å². The van der Waals surface area contributed by atoms with Gasteiger partial charge in [0.05, 0.1) is 6.61 Å². The molecule has 0 saturated carbocycles. The average Bonchev–Trinajstić information content (AvgIpc) is 2.79. The topological polar surface area (TPSA) is 122 Å². The maximum Gasteiger partial charge on any atom is 0.412 e. The molecule has 0 fully saturated rings. The quantitative estimate of drug-likeness (QED) is 0.295. The number of benzene rings is 2. The van der Waals surface area contributed by atoms with E-state index in [1.54, 1.807) is 48.5 Å². The lowest BCUT2D eigenvalue weighted by Crippen LogP contribution is -2.29. The number of aliphatic hydroxyl groups is 1. The Balaban J connectivity index is 2.24. The van der Waals surface area contributed by atoms with Crippen molar-refractivity contribution in [2.75, 3.05) is 18.5 Å². The van der Waals surface area contributed by atoms with Gasteiger partial charge in [0.25, 0.3) is 0 Å². The number of ether oxygens (including phenoxy) is 2. The molecule has 2 rings (SSSR count). The van der Waals surface area contributed by atoms with Crippen molar-refractivity contribution in [1.29, 1.82) is 0 Å². The number of aliphatic hydroxyl groups excluding tert-OH is 1. The van der Waals surface area contributed by atoms with Gasteiger partial charge in [0.1, 0.15) is 18.5 Å². The molecule has 0 aliphatic heterocycles. The van der Waals surface area contributed by atoms with Crippen LogP contribution in [0.2, 0.25) is 0 Å². The Kier molecular flexibility index (Phi) is 9.82. The zero-order chi connectivity index (χ0) is 25.1. The number of hydrogen-bond donors (Lipinski definition) is 3. The molecule has 0 heterocycles. The minimum absolute atomic E-state index is 0.0730. The molecule has 0 unspecified atom stereocenters. The summed E-state index contributed by atoms with van der Waals surface area (Å²) in [6.45, 7) is 5.34. The smallest absolute Gasteiger partial charge is 0.412 e. The van der Waals surface area contributed by atoms with Crippen LogP contribution in [0.5, 0.6) is 5.75 Å². The second-order valence-electron chi connectivity index (χ2n) is 8.46. The van der Waals surface area contributed by atoms with Gasteiger partial charge >= 0.3 is 12.1 Å². The Morgan fingerprint density at radius 2 is 1.82 bits per heavy atom. The first kappa shape index (κ1) is 26.6. The van der Waals surface area contributed by atoms with Gasteiger partial charge in [0, 0.05) is 22.7 Å². The third-order valence-corrected chi connectivity index (χ3v) is 5.21. The number of aliphatic carboxylic acids is 1. The van der Waals surface area contributed by atoms with Crippen molar-refractivity contribution in [3.8, 4) is 5.75 Å². The van der Waals surface area contributed by atoms with E-state index in [0.717, 1.165) is 6.08 Å². The SMILES string of the molecule is CC(=O)c1ccc(NC(=O)O[C@H](c2cccc(OCCO)c2)C(C)(C)CC/C=C/C(=O)O)cc1. The van der Waals surface area contributed by atoms with Gasteiger partial charge in [-0.1, -0.05) is 32.1 Å². The summed E-state index contributed by atoms with van der Waals surface area (Å²) in [5, 5.41) is 20.5. The summed E-state index contributed by atoms with van der Waals surface area (Å²) in [6.07, 6.45) is 2.33. The van der Waals surface area contributed by atoms with Crippen LogP contribution in [0, 0.1) is 5.41 Å². The highest BCUT2D eigenvalue weighted by atomic mass is 16.6. The number of rotatable bonds is 12. The van der Waals surface area contributed by atoms with Gasteiger partial charge in [0.2, 0.25) is 0 Å². The number of ketones is 1. The van der Waals surface area contributed by atoms with Gasteiger partial charge in [-0.25, -0.2) is 9.59 Å². The molecule has 3 N–H and O–H groups in total. The number of anilines is 1. The van der Waals surface area contributed by atoms with E-state index in [-0.39, 0.29) is 19.0 Å². The molecule has 1 amide bonds. The maximum absolute atomic E-state index is 12.8. The molecule has 0 aliphatic carbocycles. The molecule has 0 aliphatic rings. The number of carbonyl (C=O) groups is 3. The third kappa shape index (κ3) is 8.37. The van der Waals surface area contributed by atoms with Crippen molar-refractivity contribution >= 4 is 23.5 Å². The second-order valence-corrected chi connectivity index (χ2v) is 8.46. The van der Waals surface area contributed by atoms with E-state index in [1.807, 2.05) is 19.9 Å². The van der Waals surface area contributed by atoms with E-state index in [0.29, 0.717) is 35.4 Å². The summed E-state index contributed by atoms with van der Waals surface area (Å²) in [5.41, 5.74) is 1.15. The summed E-state index contributed by atoms with van der Waals surface area (Å²) < 4.78 is 11.4. The molecule has 0 bridgehead atoms. The van der Waals surface area contributed by atoms with Crippen LogP contribution in [-0.4, -0.2) is 41.3 Å². The molecule has 2 aromatic carbocycles. The first-order valence-electron chi connectivity index (χ1n) is 10.9. The molecule has 2 aromatic rings. The van der Waals surface area contributed by atoms with Crippen LogP contribution < -0.4 is 10.1 Å². The maximum atomic E-state index is 12.8. The molecular formula is C26H31NO7. The minimum Gasteiger partial charge on any atom is -0.491 e. The number of Topliss-reactive ketones (excluding diaryl/α,β-unsaturated/α-hetero) is 1. The lowest BCUT2D eigenvalue weighted by atomic mass is 9.78. The number of allylic oxidation sites excluding steroid dienone is 1. The number of carbonyl (C=O) groups excluding carboxylic acids is 2. The molecule has 34 heavy (non-hydrogen) atoms. The van der Waals surface area contributed by atoms with E-state index < -0.39 is 23.6 Å². The van der Waals surface area contributed by atoms with Gasteiger partial charge in [0.15, 0.2) is 5.78 Å². The average molecular weight is 470 g/mol. The normalized spacial score (nSPS) is 12.2. The molecule has 1 atom stereocenters. The molecule has 0 radical (unpaired) electrons. The molecule has 182 valence electrons. The molecule has 0 aromatic heterocycles. The fourth-order valence-corrected chi connectivity index (χ4v) is 3.42. The highest BCUT2D eigenvalue weighted by molar-refractivity contribution is 5.95. The molecular weight excluding hydrogens is 438 g/mol. The predicted octanol–water partition coefficient (Wildman–Crippen LogP) is 5.00. The Hall–Kier alpha value is -3.65. The van der Waals surface area contributed by atoms with E-state index in [1.165, 1.54) is 6.92 Å². The fraction of sp³-hybridized carbons (Fsp3) is 0.346. The van der Waals surface area contributed by atoms with E-state index in [9.17, 15) is 14.4 Å². The van der Waals surface area contributed by atoms with Crippen LogP contribution in [0.1, 0.15) is 55.6 Å². The molecule has 0 saturated heterocycles. The van der Waals surface area contributed by atoms with Crippen molar-refractivity contribution in [2.24, 2.45) is 5.41 Å². The van der Waals surface area contributed by atoms with Gasteiger partial charge in [-0.15, -0.1) is 0 Å². The summed E-state index contributed by atoms with van der Waals surface area (Å²) in [7, 11) is 0. The van der Waals surface area contributed by atoms with Crippen molar-refractivity contribution in [2.45, 2.75) is 39.7 Å². The second kappa shape index (κ2) is 12.6. The fourth-order valence-electron chi connectivity index (χ4n) is 3.42. The first-order chi connectivity index (χ1) is 16.1. The van der Waals surface area contributed by atoms with Crippen molar-refractivity contribution in [3.05, 3.63) is 71.8 Å². The number of amides is 1. The van der Waals surface area contributed by atoms with Gasteiger partial charge < -0.3 is 19.7 Å². The summed E-state index contributed by atoms with van der Waals surface area (Å²) in [6, 6.07) is 13.6. The minimum atomic E-state index is -1.02. The molecule has 0 spiro atoms. The highest BCUT2D eigenvalue weighted by Gasteiger charge is 2.34. The monoisotopic (exact) mass is 469 g/mol. The third-order valence-electron chi connectivity index (χ3n) is 5.21. The van der Waals surface area contributed by atoms with Gasteiger partial charge in [-0.2, -0.15) is 0 Å². The van der Waals surface area contributed by atoms with Crippen LogP contribution in [0.15, 0.2) is 60.7 Å². The van der Waals surface area contributed by atoms with Crippen molar-refractivity contribution in [1.82, 2.24) is 0 Å². The van der Waals surface area contributed by atoms with Crippen LogP contribution in [0.3, 0.4) is 0 Å². The number of nitrogens with one attached hydrogen (secondary N) is 1. The summed E-state index contributed by atoms with van der Waals surface area (Å²) >= 11 is 0. The summed E-state index contributed by atoms with van der Waals surface area (Å²) in [4.78, 5) is 35.0. The van der Waals surface area contributed by atoms with E-state index >= 15 is 0 Å². The lowest BCUT2D eigenvalue weighted by Gasteiger charge is -2.34. The lowest BCUT2D eigenvalue weighted by molar-refractivity contribution is -0.131. The molecule has 8 nitrogen and oxygen atoms in total. The Bertz CT molecular complexity index is 1010. The van der Waals surface area contributed by atoms with E-state index in [2.05, 4.69) is 5.32 Å². The van der Waals surface area contributed by atoms with Crippen LogP contribution in [0.25, 0.3) is 0 Å². The number of hydrogen-bond acceptors (Lipinski definition) is 6. The van der Waals surface area contributed by atoms with Gasteiger partial charge in [-0.05, 0) is 61.7 Å². The summed E-state index contributed by atoms with van der Waals surface area (Å²) in [5.74, 6) is -0.562. The Morgan fingerprint density at radius 1 is 1.12 bits per heavy atom. The number of carboxylic acid groups (broad SMARTS) is 1. The van der Waals surface area contributed by atoms with Crippen LogP contribution in [0.4, 0.5) is 10.5 Å². The largest absolute Gasteiger partial charge is 0.491 e. The Morgan fingerprint density at radius 3 is 2.44 bits per heavy atom. The first-order valence-corrected chi connectivity index (χ1v) is 10.9. The van der Waals surface area contributed by atoms with Crippen molar-refractivity contribution < 1.29 is 34.1 Å². The Labute approximate surface area is 199 Å². The zero-order valence-corrected chi connectivity index (χ0v) is 19.6. The standard InChI is InChI=1S/C26H31NO7/c1-18(29)19-10-12-21(13-11-19)27-25(32)34-24(26(2,3)14-5-4-9-23(30)31)20-7-6-8-22(17-20)33-16-15-28/h4,6-13,17,24,28H,5,14-16H2,1-3H3,(H,27,32)(H,30,31)/b9-4+/t24-/m1/s1. The van der Waals surface area contributed by atoms with Crippen molar-refractivity contribution in [3.63, 3.8) is 0 Å².